The Kier molecular flexibility index (Phi) is 7.86. The molecule has 2 atom stereocenters. The van der Waals surface area contributed by atoms with E-state index >= 15 is 0 Å². The highest BCUT2D eigenvalue weighted by atomic mass is 32.2. The van der Waals surface area contributed by atoms with Gasteiger partial charge in [0.25, 0.3) is 5.91 Å². The van der Waals surface area contributed by atoms with Crippen molar-refractivity contribution < 1.29 is 18.0 Å². The quantitative estimate of drug-likeness (QED) is 0.457. The second-order valence-electron chi connectivity index (χ2n) is 9.11. The zero-order valence-electron chi connectivity index (χ0n) is 20.3. The van der Waals surface area contributed by atoms with E-state index in [4.69, 9.17) is 0 Å². The van der Waals surface area contributed by atoms with Crippen molar-refractivity contribution in [2.75, 3.05) is 13.1 Å². The lowest BCUT2D eigenvalue weighted by atomic mass is 10.0. The fourth-order valence-corrected chi connectivity index (χ4v) is 6.29. The third-order valence-electron chi connectivity index (χ3n) is 6.58. The first-order valence-corrected chi connectivity index (χ1v) is 13.5. The first kappa shape index (κ1) is 25.6. The number of nitrogens with zero attached hydrogens (tertiary/aromatic N) is 1. The number of benzene rings is 3. The van der Waals surface area contributed by atoms with Gasteiger partial charge >= 0.3 is 0 Å². The summed E-state index contributed by atoms with van der Waals surface area (Å²) in [7, 11) is -3.71. The van der Waals surface area contributed by atoms with Crippen molar-refractivity contribution >= 4 is 32.6 Å². The largest absolute Gasteiger partial charge is 0.352 e. The Morgan fingerprint density at radius 1 is 1.06 bits per heavy atom. The van der Waals surface area contributed by atoms with Crippen molar-refractivity contribution in [2.45, 2.75) is 43.2 Å². The number of sulfonamides is 1. The number of carbonyl (C=O) groups is 2. The summed E-state index contributed by atoms with van der Waals surface area (Å²) >= 11 is 0. The second-order valence-corrected chi connectivity index (χ2v) is 11.0. The Morgan fingerprint density at radius 2 is 1.78 bits per heavy atom. The molecule has 2 N–H and O–H groups in total. The van der Waals surface area contributed by atoms with Crippen LogP contribution in [-0.4, -0.2) is 49.7 Å². The van der Waals surface area contributed by atoms with Crippen LogP contribution in [-0.2, 0) is 21.2 Å². The molecule has 0 spiro atoms. The molecular weight excluding hydrogens is 474 g/mol. The molecule has 1 heterocycles. The molecule has 3 aromatic carbocycles. The minimum absolute atomic E-state index is 0.0855. The summed E-state index contributed by atoms with van der Waals surface area (Å²) < 4.78 is 27.9. The van der Waals surface area contributed by atoms with Crippen LogP contribution in [0.25, 0.3) is 10.8 Å². The third-order valence-corrected chi connectivity index (χ3v) is 8.61. The fraction of sp³-hybridized carbons (Fsp3) is 0.286. The van der Waals surface area contributed by atoms with E-state index in [2.05, 4.69) is 47.5 Å². The summed E-state index contributed by atoms with van der Waals surface area (Å²) in [4.78, 5) is 24.3. The van der Waals surface area contributed by atoms with Crippen LogP contribution < -0.4 is 10.6 Å². The highest BCUT2D eigenvalue weighted by molar-refractivity contribution is 7.89. The van der Waals surface area contributed by atoms with Crippen molar-refractivity contribution in [1.82, 2.24) is 14.9 Å². The maximum absolute atomic E-state index is 13.2. The molecule has 8 heteroatoms. The average Bonchev–Trinajstić information content (AvgIpc) is 2.88. The zero-order chi connectivity index (χ0) is 25.7. The minimum Gasteiger partial charge on any atom is -0.352 e. The molecule has 2 unspecified atom stereocenters. The molecule has 1 saturated heterocycles. The molecule has 36 heavy (non-hydrogen) atoms. The molecule has 7 nitrogen and oxygen atoms in total. The van der Waals surface area contributed by atoms with Gasteiger partial charge in [-0.1, -0.05) is 49.0 Å². The van der Waals surface area contributed by atoms with Crippen molar-refractivity contribution in [1.29, 1.82) is 0 Å². The number of piperidine rings is 1. The van der Waals surface area contributed by atoms with Crippen LogP contribution in [0.1, 0.15) is 35.7 Å². The van der Waals surface area contributed by atoms with Crippen molar-refractivity contribution in [3.63, 3.8) is 0 Å². The molecule has 0 aromatic heterocycles. The zero-order valence-corrected chi connectivity index (χ0v) is 21.1. The van der Waals surface area contributed by atoms with Gasteiger partial charge in [0.2, 0.25) is 15.9 Å². The van der Waals surface area contributed by atoms with Crippen molar-refractivity contribution in [3.8, 4) is 0 Å². The summed E-state index contributed by atoms with van der Waals surface area (Å²) in [6.45, 7) is 6.07. The van der Waals surface area contributed by atoms with Gasteiger partial charge in [0.15, 0.2) is 0 Å². The highest BCUT2D eigenvalue weighted by Crippen LogP contribution is 2.26. The van der Waals surface area contributed by atoms with Crippen molar-refractivity contribution in [3.05, 3.63) is 90.5 Å². The average molecular weight is 506 g/mol. The number of hydrogen-bond donors (Lipinski definition) is 2. The van der Waals surface area contributed by atoms with Crippen LogP contribution in [0.4, 0.5) is 0 Å². The molecule has 2 amide bonds. The molecule has 3 aromatic rings. The van der Waals surface area contributed by atoms with E-state index in [1.165, 1.54) is 27.9 Å². The van der Waals surface area contributed by atoms with E-state index in [1.54, 1.807) is 12.1 Å². The van der Waals surface area contributed by atoms with Crippen LogP contribution in [0.2, 0.25) is 0 Å². The van der Waals surface area contributed by atoms with Crippen LogP contribution in [0.5, 0.6) is 0 Å². The lowest BCUT2D eigenvalue weighted by Gasteiger charge is -2.36. The number of fused-ring (bicyclic) bond motifs is 1. The maximum Gasteiger partial charge on any atom is 0.251 e. The highest BCUT2D eigenvalue weighted by Gasteiger charge is 2.34. The smallest absolute Gasteiger partial charge is 0.251 e. The predicted molar refractivity (Wildman–Crippen MR) is 141 cm³/mol. The molecule has 188 valence electrons. The Balaban J connectivity index is 1.33. The number of nitrogens with one attached hydrogen (secondary N) is 2. The van der Waals surface area contributed by atoms with Gasteiger partial charge in [0, 0.05) is 30.7 Å². The van der Waals surface area contributed by atoms with E-state index in [9.17, 15) is 18.0 Å². The minimum atomic E-state index is -3.71. The Hall–Kier alpha value is -3.49. The summed E-state index contributed by atoms with van der Waals surface area (Å²) in [5.41, 5.74) is 1.55. The van der Waals surface area contributed by atoms with E-state index in [1.807, 2.05) is 19.1 Å². The van der Waals surface area contributed by atoms with Gasteiger partial charge in [-0.2, -0.15) is 4.31 Å². The van der Waals surface area contributed by atoms with Gasteiger partial charge in [-0.15, -0.1) is 0 Å². The third kappa shape index (κ3) is 5.83. The van der Waals surface area contributed by atoms with Crippen LogP contribution in [0.3, 0.4) is 0 Å². The molecule has 1 aliphatic heterocycles. The van der Waals surface area contributed by atoms with Gasteiger partial charge in [0.1, 0.15) is 0 Å². The van der Waals surface area contributed by atoms with Crippen molar-refractivity contribution in [2.24, 2.45) is 0 Å². The van der Waals surface area contributed by atoms with Gasteiger partial charge < -0.3 is 10.6 Å². The number of hydrogen-bond acceptors (Lipinski definition) is 4. The Bertz CT molecular complexity index is 1370. The van der Waals surface area contributed by atoms with Gasteiger partial charge in [0.05, 0.1) is 4.90 Å². The van der Waals surface area contributed by atoms with E-state index in [0.29, 0.717) is 37.9 Å². The predicted octanol–water partition coefficient (Wildman–Crippen LogP) is 3.66. The molecular formula is C28H31N3O4S. The topological polar surface area (TPSA) is 95.6 Å². The Morgan fingerprint density at radius 3 is 2.47 bits per heavy atom. The summed E-state index contributed by atoms with van der Waals surface area (Å²) in [6.07, 6.45) is 2.97. The molecule has 1 fully saturated rings. The van der Waals surface area contributed by atoms with Gasteiger partial charge in [-0.3, -0.25) is 9.59 Å². The van der Waals surface area contributed by atoms with Gasteiger partial charge in [-0.25, -0.2) is 8.42 Å². The maximum atomic E-state index is 13.2. The number of amides is 2. The molecule has 4 rings (SSSR count). The summed E-state index contributed by atoms with van der Waals surface area (Å²) in [5.74, 6) is -0.499. The lowest BCUT2D eigenvalue weighted by molar-refractivity contribution is -0.117. The number of carbonyl (C=O) groups excluding carboxylic acids is 2. The molecule has 1 aliphatic rings. The first-order valence-electron chi connectivity index (χ1n) is 12.1. The lowest BCUT2D eigenvalue weighted by Crippen LogP contribution is -2.50. The standard InChI is InChI=1S/C28H31N3O4S/c1-3-27(32)30-25-15-17-31(20(2)18-25)36(34,35)26-12-10-23(11-13-26)28(33)29-16-14-21-8-9-22-6-4-5-7-24(22)19-21/h3-13,19-20,25H,1,14-18H2,2H3,(H,29,33)(H,30,32). The van der Waals surface area contributed by atoms with E-state index in [0.717, 1.165) is 10.9 Å². The second kappa shape index (κ2) is 11.1. The summed E-state index contributed by atoms with van der Waals surface area (Å²) in [5, 5.41) is 8.10. The van der Waals surface area contributed by atoms with E-state index in [-0.39, 0.29) is 28.8 Å². The fourth-order valence-electron chi connectivity index (χ4n) is 4.63. The first-order chi connectivity index (χ1) is 17.3. The Labute approximate surface area is 212 Å². The van der Waals surface area contributed by atoms with Crippen LogP contribution >= 0.6 is 0 Å². The SMILES string of the molecule is C=CC(=O)NC1CCN(S(=O)(=O)c2ccc(C(=O)NCCc3ccc4ccccc4c3)cc2)C(C)C1. The molecule has 0 saturated carbocycles. The molecule has 0 aliphatic carbocycles. The van der Waals surface area contributed by atoms with Crippen LogP contribution in [0.15, 0.2) is 84.3 Å². The van der Waals surface area contributed by atoms with Crippen LogP contribution in [0, 0.1) is 0 Å². The number of rotatable bonds is 8. The molecule has 0 radical (unpaired) electrons. The molecule has 0 bridgehead atoms. The monoisotopic (exact) mass is 505 g/mol. The van der Waals surface area contributed by atoms with Gasteiger partial charge in [-0.05, 0) is 72.9 Å². The van der Waals surface area contributed by atoms with E-state index < -0.39 is 10.0 Å². The summed E-state index contributed by atoms with van der Waals surface area (Å²) in [6, 6.07) is 20.1. The normalized spacial score (nSPS) is 18.5.